The van der Waals surface area contributed by atoms with Crippen LogP contribution in [-0.4, -0.2) is 36.0 Å². The third-order valence-corrected chi connectivity index (χ3v) is 7.94. The number of aryl methyl sites for hydroxylation is 1. The van der Waals surface area contributed by atoms with Crippen molar-refractivity contribution in [2.75, 3.05) is 13.1 Å². The number of nitrogens with zero attached hydrogens (tertiary/aromatic N) is 3. The topological polar surface area (TPSA) is 76.3 Å². The quantitative estimate of drug-likeness (QED) is 0.711. The van der Waals surface area contributed by atoms with Crippen LogP contribution in [-0.2, 0) is 16.4 Å². The second-order valence-electron chi connectivity index (χ2n) is 7.43. The Labute approximate surface area is 168 Å². The van der Waals surface area contributed by atoms with E-state index in [1.54, 1.807) is 13.0 Å². The summed E-state index contributed by atoms with van der Waals surface area (Å²) in [5, 5.41) is 4.65. The van der Waals surface area contributed by atoms with Gasteiger partial charge in [0, 0.05) is 30.5 Å². The molecule has 1 aliphatic heterocycles. The number of rotatable bonds is 5. The van der Waals surface area contributed by atoms with Crippen LogP contribution >= 0.6 is 23.2 Å². The van der Waals surface area contributed by atoms with Gasteiger partial charge < -0.3 is 4.52 Å². The third-order valence-electron chi connectivity index (χ3n) is 5.20. The summed E-state index contributed by atoms with van der Waals surface area (Å²) in [6, 6.07) is 3.04. The molecule has 4 rings (SSSR count). The molecule has 2 heterocycles. The van der Waals surface area contributed by atoms with Crippen molar-refractivity contribution in [2.45, 2.75) is 49.8 Å². The highest BCUT2D eigenvalue weighted by Gasteiger charge is 2.33. The number of halogens is 2. The van der Waals surface area contributed by atoms with E-state index in [1.165, 1.54) is 10.4 Å². The molecule has 0 bridgehead atoms. The summed E-state index contributed by atoms with van der Waals surface area (Å²) in [7, 11) is -3.68. The van der Waals surface area contributed by atoms with E-state index in [0.29, 0.717) is 41.9 Å². The summed E-state index contributed by atoms with van der Waals surface area (Å²) in [4.78, 5) is 4.58. The van der Waals surface area contributed by atoms with E-state index in [1.807, 2.05) is 0 Å². The van der Waals surface area contributed by atoms with Gasteiger partial charge in [0.2, 0.25) is 15.9 Å². The molecule has 0 unspecified atom stereocenters. The van der Waals surface area contributed by atoms with Gasteiger partial charge in [-0.25, -0.2) is 8.42 Å². The molecule has 1 saturated carbocycles. The first-order valence-corrected chi connectivity index (χ1v) is 11.3. The van der Waals surface area contributed by atoms with Gasteiger partial charge in [-0.1, -0.05) is 28.4 Å². The first-order valence-electron chi connectivity index (χ1n) is 9.13. The zero-order valence-corrected chi connectivity index (χ0v) is 17.3. The van der Waals surface area contributed by atoms with Crippen molar-refractivity contribution in [2.24, 2.45) is 5.92 Å². The fourth-order valence-corrected chi connectivity index (χ4v) is 5.85. The average Bonchev–Trinajstić information content (AvgIpc) is 3.38. The molecule has 1 aromatic heterocycles. The van der Waals surface area contributed by atoms with Gasteiger partial charge in [0.25, 0.3) is 0 Å². The monoisotopic (exact) mass is 429 g/mol. The number of hydrogen-bond acceptors (Lipinski definition) is 5. The summed E-state index contributed by atoms with van der Waals surface area (Å²) in [6.45, 7) is 2.67. The molecule has 0 spiro atoms. The molecule has 6 nitrogen and oxygen atoms in total. The van der Waals surface area contributed by atoms with Crippen LogP contribution < -0.4 is 0 Å². The van der Waals surface area contributed by atoms with Gasteiger partial charge in [0.1, 0.15) is 4.90 Å². The summed E-state index contributed by atoms with van der Waals surface area (Å²) >= 11 is 12.2. The van der Waals surface area contributed by atoms with Gasteiger partial charge in [-0.05, 0) is 56.2 Å². The zero-order valence-electron chi connectivity index (χ0n) is 15.0. The maximum atomic E-state index is 13.1. The van der Waals surface area contributed by atoms with Crippen LogP contribution in [0.1, 0.15) is 48.9 Å². The highest BCUT2D eigenvalue weighted by molar-refractivity contribution is 7.89. The number of benzene rings is 1. The first-order chi connectivity index (χ1) is 12.8. The van der Waals surface area contributed by atoms with Gasteiger partial charge >= 0.3 is 0 Å². The van der Waals surface area contributed by atoms with Crippen molar-refractivity contribution < 1.29 is 12.9 Å². The van der Waals surface area contributed by atoms with E-state index in [2.05, 4.69) is 10.1 Å². The summed E-state index contributed by atoms with van der Waals surface area (Å²) in [5.41, 5.74) is 0.687. The van der Waals surface area contributed by atoms with Gasteiger partial charge in [0.05, 0.1) is 5.02 Å². The lowest BCUT2D eigenvalue weighted by molar-refractivity contribution is 0.247. The van der Waals surface area contributed by atoms with E-state index in [0.717, 1.165) is 31.5 Å². The van der Waals surface area contributed by atoms with Crippen LogP contribution in [0, 0.1) is 12.8 Å². The van der Waals surface area contributed by atoms with Crippen LogP contribution in [0.2, 0.25) is 10.0 Å². The molecule has 1 aliphatic carbocycles. The average molecular weight is 430 g/mol. The molecular formula is C18H21Cl2N3O3S. The summed E-state index contributed by atoms with van der Waals surface area (Å²) in [6.07, 6.45) is 4.56. The van der Waals surface area contributed by atoms with Crippen LogP contribution in [0.5, 0.6) is 0 Å². The molecule has 146 valence electrons. The van der Waals surface area contributed by atoms with Crippen molar-refractivity contribution in [3.8, 4) is 0 Å². The largest absolute Gasteiger partial charge is 0.339 e. The van der Waals surface area contributed by atoms with E-state index in [-0.39, 0.29) is 15.8 Å². The predicted octanol–water partition coefficient (Wildman–Crippen LogP) is 4.21. The minimum absolute atomic E-state index is 0.112. The molecule has 2 aliphatic rings. The molecule has 0 N–H and O–H groups in total. The minimum Gasteiger partial charge on any atom is -0.339 e. The smallest absolute Gasteiger partial charge is 0.244 e. The van der Waals surface area contributed by atoms with Crippen molar-refractivity contribution in [3.63, 3.8) is 0 Å². The number of hydrogen-bond donors (Lipinski definition) is 0. The summed E-state index contributed by atoms with van der Waals surface area (Å²) in [5.74, 6) is 1.98. The lowest BCUT2D eigenvalue weighted by Gasteiger charge is -2.31. The molecule has 27 heavy (non-hydrogen) atoms. The fraction of sp³-hybridized carbons (Fsp3) is 0.556. The highest BCUT2D eigenvalue weighted by atomic mass is 35.5. The normalized spacial score (nSPS) is 21.5. The van der Waals surface area contributed by atoms with Gasteiger partial charge in [-0.3, -0.25) is 0 Å². The van der Waals surface area contributed by atoms with E-state index in [9.17, 15) is 8.42 Å². The molecule has 1 atom stereocenters. The van der Waals surface area contributed by atoms with Gasteiger partial charge in [-0.15, -0.1) is 0 Å². The SMILES string of the molecule is Cc1cc(S(=O)(=O)N2CCC[C@@H](Cc3nc(C4CC4)no3)C2)c(Cl)cc1Cl. The molecular weight excluding hydrogens is 409 g/mol. The van der Waals surface area contributed by atoms with Gasteiger partial charge in [0.15, 0.2) is 5.82 Å². The van der Waals surface area contributed by atoms with Crippen molar-refractivity contribution in [1.29, 1.82) is 0 Å². The molecule has 0 radical (unpaired) electrons. The number of piperidine rings is 1. The van der Waals surface area contributed by atoms with Crippen LogP contribution in [0.3, 0.4) is 0 Å². The molecule has 1 aromatic carbocycles. The van der Waals surface area contributed by atoms with E-state index >= 15 is 0 Å². The van der Waals surface area contributed by atoms with E-state index in [4.69, 9.17) is 27.7 Å². The Hall–Kier alpha value is -1.15. The third kappa shape index (κ3) is 4.01. The van der Waals surface area contributed by atoms with Crippen LogP contribution in [0.4, 0.5) is 0 Å². The summed E-state index contributed by atoms with van der Waals surface area (Å²) < 4.78 is 33.1. The lowest BCUT2D eigenvalue weighted by atomic mass is 9.96. The van der Waals surface area contributed by atoms with E-state index < -0.39 is 10.0 Å². The lowest BCUT2D eigenvalue weighted by Crippen LogP contribution is -2.40. The highest BCUT2D eigenvalue weighted by Crippen LogP contribution is 2.38. The van der Waals surface area contributed by atoms with Crippen molar-refractivity contribution in [3.05, 3.63) is 39.5 Å². The Morgan fingerprint density at radius 3 is 2.74 bits per heavy atom. The Morgan fingerprint density at radius 1 is 1.22 bits per heavy atom. The second-order valence-corrected chi connectivity index (χ2v) is 10.1. The molecule has 2 fully saturated rings. The number of sulfonamides is 1. The van der Waals surface area contributed by atoms with Crippen molar-refractivity contribution >= 4 is 33.2 Å². The molecule has 2 aromatic rings. The molecule has 0 amide bonds. The van der Waals surface area contributed by atoms with Crippen LogP contribution in [0.25, 0.3) is 0 Å². The Bertz CT molecular complexity index is 957. The maximum Gasteiger partial charge on any atom is 0.244 e. The first kappa shape index (κ1) is 19.2. The molecule has 1 saturated heterocycles. The van der Waals surface area contributed by atoms with Gasteiger partial charge in [-0.2, -0.15) is 9.29 Å². The Kier molecular flexibility index (Phi) is 5.22. The maximum absolute atomic E-state index is 13.1. The Balaban J connectivity index is 1.50. The molecule has 9 heteroatoms. The Morgan fingerprint density at radius 2 is 2.00 bits per heavy atom. The van der Waals surface area contributed by atoms with Crippen molar-refractivity contribution in [1.82, 2.24) is 14.4 Å². The van der Waals surface area contributed by atoms with Crippen LogP contribution in [0.15, 0.2) is 21.6 Å². The second kappa shape index (κ2) is 7.35. The number of aromatic nitrogens is 2. The minimum atomic E-state index is -3.68. The zero-order chi connectivity index (χ0) is 19.2. The standard InChI is InChI=1S/C18H21Cl2N3O3S/c1-11-7-16(15(20)9-14(11)19)27(24,25)23-6-2-3-12(10-23)8-17-21-18(22-26-17)13-4-5-13/h7,9,12-13H,2-6,8,10H2,1H3/t12-/m0/s1. The fourth-order valence-electron chi connectivity index (χ4n) is 3.48. The predicted molar refractivity (Wildman–Crippen MR) is 103 cm³/mol.